The van der Waals surface area contributed by atoms with Crippen molar-refractivity contribution in [3.05, 3.63) is 23.2 Å². The first-order chi connectivity index (χ1) is 5.70. The number of aromatic nitrogens is 1. The van der Waals surface area contributed by atoms with Gasteiger partial charge in [0.15, 0.2) is 0 Å². The predicted molar refractivity (Wildman–Crippen MR) is 49.3 cm³/mol. The van der Waals surface area contributed by atoms with E-state index in [-0.39, 0.29) is 5.91 Å². The normalized spacial score (nSPS) is 10.8. The van der Waals surface area contributed by atoms with Gasteiger partial charge in [-0.1, -0.05) is 0 Å². The molecule has 0 atom stereocenters. The van der Waals surface area contributed by atoms with Crippen LogP contribution in [-0.4, -0.2) is 10.5 Å². The Hall–Kier alpha value is -1.29. The van der Waals surface area contributed by atoms with E-state index >= 15 is 0 Å². The second kappa shape index (κ2) is 2.35. The largest absolute Gasteiger partial charge is 0.364 e. The molecule has 0 aromatic carbocycles. The molecule has 2 N–H and O–H groups in total. The smallest absolute Gasteiger partial charge is 0.265 e. The topological polar surface area (TPSA) is 48.0 Å². The van der Waals surface area contributed by atoms with Gasteiger partial charge in [0, 0.05) is 12.4 Å². The molecule has 12 heavy (non-hydrogen) atoms. The van der Waals surface area contributed by atoms with Crippen molar-refractivity contribution >= 4 is 27.5 Å². The number of nitrogens with zero attached hydrogens (tertiary/aromatic N) is 1. The van der Waals surface area contributed by atoms with Crippen LogP contribution in [-0.2, 0) is 7.05 Å². The number of hydrogen-bond acceptors (Lipinski definition) is 2. The molecule has 0 spiro atoms. The molecule has 2 aromatic rings. The standard InChI is InChI=1S/C8H8N2OS/c1-10-6(7(9)11)4-5-2-3-12-8(5)10/h2-4H,1H3,(H2,9,11). The predicted octanol–water partition coefficient (Wildman–Crippen LogP) is 1.34. The number of thiophene rings is 1. The Kier molecular flexibility index (Phi) is 1.44. The average Bonchev–Trinajstić information content (AvgIpc) is 2.53. The van der Waals surface area contributed by atoms with E-state index < -0.39 is 0 Å². The number of carbonyl (C=O) groups is 1. The van der Waals surface area contributed by atoms with Gasteiger partial charge in [-0.3, -0.25) is 4.79 Å². The Labute approximate surface area is 73.4 Å². The fourth-order valence-corrected chi connectivity index (χ4v) is 2.15. The van der Waals surface area contributed by atoms with E-state index in [1.165, 1.54) is 0 Å². The van der Waals surface area contributed by atoms with Crippen molar-refractivity contribution in [1.82, 2.24) is 4.57 Å². The molecule has 0 radical (unpaired) electrons. The summed E-state index contributed by atoms with van der Waals surface area (Å²) < 4.78 is 1.82. The van der Waals surface area contributed by atoms with Crippen molar-refractivity contribution in [3.63, 3.8) is 0 Å². The van der Waals surface area contributed by atoms with Crippen LogP contribution in [0.25, 0.3) is 10.2 Å². The van der Waals surface area contributed by atoms with E-state index in [0.29, 0.717) is 5.69 Å². The molecule has 0 aliphatic carbocycles. The van der Waals surface area contributed by atoms with Crippen molar-refractivity contribution in [3.8, 4) is 0 Å². The summed E-state index contributed by atoms with van der Waals surface area (Å²) in [5.74, 6) is -0.374. The molecule has 62 valence electrons. The maximum atomic E-state index is 10.9. The first kappa shape index (κ1) is 7.36. The molecule has 0 aliphatic heterocycles. The van der Waals surface area contributed by atoms with Crippen LogP contribution in [0.4, 0.5) is 0 Å². The van der Waals surface area contributed by atoms with Crippen molar-refractivity contribution < 1.29 is 4.79 Å². The molecular weight excluding hydrogens is 172 g/mol. The van der Waals surface area contributed by atoms with Gasteiger partial charge < -0.3 is 10.3 Å². The van der Waals surface area contributed by atoms with E-state index in [1.807, 2.05) is 29.1 Å². The number of amides is 1. The zero-order valence-corrected chi connectivity index (χ0v) is 7.39. The fraction of sp³-hybridized carbons (Fsp3) is 0.125. The van der Waals surface area contributed by atoms with Crippen molar-refractivity contribution in [2.75, 3.05) is 0 Å². The first-order valence-corrected chi connectivity index (χ1v) is 4.41. The molecule has 2 aromatic heterocycles. The van der Waals surface area contributed by atoms with Gasteiger partial charge in [-0.15, -0.1) is 11.3 Å². The Balaban J connectivity index is 2.78. The van der Waals surface area contributed by atoms with Gasteiger partial charge >= 0.3 is 0 Å². The molecule has 3 nitrogen and oxygen atoms in total. The first-order valence-electron chi connectivity index (χ1n) is 3.53. The third-order valence-corrected chi connectivity index (χ3v) is 2.89. The molecule has 0 fully saturated rings. The van der Waals surface area contributed by atoms with E-state index in [9.17, 15) is 4.79 Å². The summed E-state index contributed by atoms with van der Waals surface area (Å²) in [4.78, 5) is 12.0. The van der Waals surface area contributed by atoms with Gasteiger partial charge in [0.2, 0.25) is 0 Å². The zero-order valence-electron chi connectivity index (χ0n) is 6.57. The summed E-state index contributed by atoms with van der Waals surface area (Å²) in [7, 11) is 1.85. The van der Waals surface area contributed by atoms with E-state index in [4.69, 9.17) is 5.73 Å². The molecule has 0 unspecified atom stereocenters. The van der Waals surface area contributed by atoms with Gasteiger partial charge in [0.05, 0.1) is 0 Å². The monoisotopic (exact) mass is 180 g/mol. The van der Waals surface area contributed by atoms with Crippen LogP contribution in [0, 0.1) is 0 Å². The van der Waals surface area contributed by atoms with E-state index in [1.54, 1.807) is 11.3 Å². The summed E-state index contributed by atoms with van der Waals surface area (Å²) >= 11 is 1.61. The van der Waals surface area contributed by atoms with Gasteiger partial charge in [-0.05, 0) is 17.5 Å². The summed E-state index contributed by atoms with van der Waals surface area (Å²) in [5.41, 5.74) is 5.75. The number of rotatable bonds is 1. The van der Waals surface area contributed by atoms with Crippen molar-refractivity contribution in [2.24, 2.45) is 12.8 Å². The lowest BCUT2D eigenvalue weighted by Gasteiger charge is -1.96. The highest BCUT2D eigenvalue weighted by Gasteiger charge is 2.09. The third kappa shape index (κ3) is 0.848. The summed E-state index contributed by atoms with van der Waals surface area (Å²) in [5, 5.41) is 3.08. The second-order valence-electron chi connectivity index (χ2n) is 2.63. The van der Waals surface area contributed by atoms with Crippen LogP contribution in [0.5, 0.6) is 0 Å². The minimum Gasteiger partial charge on any atom is -0.364 e. The Bertz CT molecular complexity index is 441. The van der Waals surface area contributed by atoms with Crippen LogP contribution in [0.15, 0.2) is 17.5 Å². The average molecular weight is 180 g/mol. The van der Waals surface area contributed by atoms with Crippen LogP contribution in [0.1, 0.15) is 10.5 Å². The lowest BCUT2D eigenvalue weighted by molar-refractivity contribution is 0.0993. The van der Waals surface area contributed by atoms with Crippen molar-refractivity contribution in [1.29, 1.82) is 0 Å². The molecule has 2 heterocycles. The van der Waals surface area contributed by atoms with Crippen LogP contribution in [0.3, 0.4) is 0 Å². The van der Waals surface area contributed by atoms with E-state index in [0.717, 1.165) is 10.2 Å². The lowest BCUT2D eigenvalue weighted by atomic mass is 10.3. The zero-order chi connectivity index (χ0) is 8.72. The highest BCUT2D eigenvalue weighted by molar-refractivity contribution is 7.16. The number of primary amides is 1. The number of aryl methyl sites for hydroxylation is 1. The number of nitrogens with two attached hydrogens (primary N) is 1. The van der Waals surface area contributed by atoms with E-state index in [2.05, 4.69) is 0 Å². The van der Waals surface area contributed by atoms with Gasteiger partial charge in [0.25, 0.3) is 5.91 Å². The quantitative estimate of drug-likeness (QED) is 0.707. The highest BCUT2D eigenvalue weighted by Crippen LogP contribution is 2.23. The van der Waals surface area contributed by atoms with Gasteiger partial charge in [0.1, 0.15) is 10.5 Å². The van der Waals surface area contributed by atoms with Gasteiger partial charge in [-0.2, -0.15) is 0 Å². The molecule has 0 bridgehead atoms. The van der Waals surface area contributed by atoms with Crippen LogP contribution in [0.2, 0.25) is 0 Å². The molecular formula is C8H8N2OS. The Morgan fingerprint density at radius 3 is 3.00 bits per heavy atom. The van der Waals surface area contributed by atoms with Crippen molar-refractivity contribution in [2.45, 2.75) is 0 Å². The number of carbonyl (C=O) groups excluding carboxylic acids is 1. The maximum absolute atomic E-state index is 10.9. The molecule has 2 rings (SSSR count). The fourth-order valence-electron chi connectivity index (χ4n) is 1.28. The molecule has 0 saturated heterocycles. The summed E-state index contributed by atoms with van der Waals surface area (Å²) in [6.07, 6.45) is 0. The molecule has 0 saturated carbocycles. The maximum Gasteiger partial charge on any atom is 0.265 e. The third-order valence-electron chi connectivity index (χ3n) is 1.88. The lowest BCUT2D eigenvalue weighted by Crippen LogP contribution is -2.14. The van der Waals surface area contributed by atoms with Gasteiger partial charge in [-0.25, -0.2) is 0 Å². The second-order valence-corrected chi connectivity index (χ2v) is 3.53. The van der Waals surface area contributed by atoms with Crippen LogP contribution < -0.4 is 5.73 Å². The Morgan fingerprint density at radius 2 is 2.42 bits per heavy atom. The summed E-state index contributed by atoms with van der Waals surface area (Å²) in [6.45, 7) is 0. The minimum atomic E-state index is -0.374. The van der Waals surface area contributed by atoms with Crippen LogP contribution >= 0.6 is 11.3 Å². The summed E-state index contributed by atoms with van der Waals surface area (Å²) in [6, 6.07) is 3.79. The number of hydrogen-bond donors (Lipinski definition) is 1. The minimum absolute atomic E-state index is 0.374. The SMILES string of the molecule is Cn1c(C(N)=O)cc2ccsc21. The molecule has 4 heteroatoms. The highest BCUT2D eigenvalue weighted by atomic mass is 32.1. The molecule has 1 amide bonds. The molecule has 0 aliphatic rings. The Morgan fingerprint density at radius 1 is 1.67 bits per heavy atom. The number of fused-ring (bicyclic) bond motifs is 1.